The molecule has 1 atom stereocenters. The zero-order valence-electron chi connectivity index (χ0n) is 15.1. The molecule has 3 aliphatic carbocycles. The lowest BCUT2D eigenvalue weighted by molar-refractivity contribution is -0.138. The first-order valence-electron chi connectivity index (χ1n) is 9.04. The van der Waals surface area contributed by atoms with Gasteiger partial charge in [-0.15, -0.1) is 0 Å². The number of fused-ring (bicyclic) bond motifs is 2. The quantitative estimate of drug-likeness (QED) is 0.445. The molecule has 0 aromatic heterocycles. The summed E-state index contributed by atoms with van der Waals surface area (Å²) in [6.45, 7) is 8.50. The van der Waals surface area contributed by atoms with Crippen LogP contribution in [-0.2, 0) is 14.4 Å². The number of rotatable bonds is 4. The average Bonchev–Trinajstić information content (AvgIpc) is 2.48. The van der Waals surface area contributed by atoms with Gasteiger partial charge in [-0.05, 0) is 46.0 Å². The van der Waals surface area contributed by atoms with E-state index in [1.165, 1.54) is 16.7 Å². The molecule has 1 unspecified atom stereocenters. The van der Waals surface area contributed by atoms with Crippen LogP contribution in [0.15, 0.2) is 28.0 Å². The Morgan fingerprint density at radius 2 is 1.92 bits per heavy atom. The number of carbonyl (C=O) groups is 2. The third-order valence-electron chi connectivity index (χ3n) is 5.75. The maximum absolute atomic E-state index is 12.8. The van der Waals surface area contributed by atoms with Crippen LogP contribution in [0.5, 0.6) is 0 Å². The molecule has 130 valence electrons. The van der Waals surface area contributed by atoms with Gasteiger partial charge in [0.1, 0.15) is 24.1 Å². The second-order valence-electron chi connectivity index (χ2n) is 7.55. The van der Waals surface area contributed by atoms with Crippen molar-refractivity contribution < 1.29 is 14.4 Å². The molecule has 0 heterocycles. The second kappa shape index (κ2) is 6.30. The van der Waals surface area contributed by atoms with Crippen LogP contribution in [0.1, 0.15) is 59.8 Å². The largest absolute Gasteiger partial charge is 0.396 e. The molecule has 0 aliphatic heterocycles. The van der Waals surface area contributed by atoms with Gasteiger partial charge in [-0.3, -0.25) is 9.59 Å². The van der Waals surface area contributed by atoms with Gasteiger partial charge in [-0.2, -0.15) is 0 Å². The topological polar surface area (TPSA) is 55.7 Å². The van der Waals surface area contributed by atoms with Gasteiger partial charge < -0.3 is 4.84 Å². The number of Topliss-reactive ketones (excluding diaryl/α,β-unsaturated/α-hetero) is 2. The first-order valence-corrected chi connectivity index (χ1v) is 9.04. The molecule has 2 saturated carbocycles. The Morgan fingerprint density at radius 1 is 1.25 bits per heavy atom. The molecular weight excluding hydrogens is 302 g/mol. The number of hydrogen-bond donors (Lipinski definition) is 0. The van der Waals surface area contributed by atoms with Crippen LogP contribution >= 0.6 is 0 Å². The first-order chi connectivity index (χ1) is 11.4. The molecule has 0 bridgehead atoms. The highest BCUT2D eigenvalue weighted by molar-refractivity contribution is 6.22. The number of carbonyl (C=O) groups excluding carboxylic acids is 2. The van der Waals surface area contributed by atoms with Crippen LogP contribution in [0.2, 0.25) is 0 Å². The van der Waals surface area contributed by atoms with Gasteiger partial charge in [0, 0.05) is 18.3 Å². The Kier molecular flexibility index (Phi) is 4.50. The maximum atomic E-state index is 12.8. The van der Waals surface area contributed by atoms with Gasteiger partial charge >= 0.3 is 0 Å². The minimum Gasteiger partial charge on any atom is -0.396 e. The zero-order valence-corrected chi connectivity index (χ0v) is 15.1. The van der Waals surface area contributed by atoms with Crippen molar-refractivity contribution in [2.24, 2.45) is 22.4 Å². The molecular formula is C20H27NO3. The Hall–Kier alpha value is -1.71. The molecule has 24 heavy (non-hydrogen) atoms. The summed E-state index contributed by atoms with van der Waals surface area (Å²) in [7, 11) is 0. The lowest BCUT2D eigenvalue weighted by Gasteiger charge is -2.55. The van der Waals surface area contributed by atoms with Crippen molar-refractivity contribution in [1.82, 2.24) is 0 Å². The van der Waals surface area contributed by atoms with Gasteiger partial charge in [-0.25, -0.2) is 0 Å². The van der Waals surface area contributed by atoms with Crippen LogP contribution < -0.4 is 0 Å². The number of oxime groups is 1. The van der Waals surface area contributed by atoms with Crippen LogP contribution in [-0.4, -0.2) is 23.9 Å². The molecule has 0 saturated heterocycles. The number of nitrogens with zero attached hydrogens (tertiary/aromatic N) is 1. The lowest BCUT2D eigenvalue weighted by atomic mass is 9.48. The summed E-state index contributed by atoms with van der Waals surface area (Å²) < 4.78 is 0. The third-order valence-corrected chi connectivity index (χ3v) is 5.75. The van der Waals surface area contributed by atoms with E-state index in [1.54, 1.807) is 0 Å². The van der Waals surface area contributed by atoms with Gasteiger partial charge in [0.15, 0.2) is 0 Å². The number of allylic oxidation sites excluding steroid dienone is 4. The Morgan fingerprint density at radius 3 is 2.46 bits per heavy atom. The van der Waals surface area contributed by atoms with E-state index in [0.717, 1.165) is 12.8 Å². The molecule has 3 aliphatic rings. The fourth-order valence-electron chi connectivity index (χ4n) is 5.08. The predicted molar refractivity (Wildman–Crippen MR) is 93.7 cm³/mol. The summed E-state index contributed by atoms with van der Waals surface area (Å²) in [6, 6.07) is 0. The van der Waals surface area contributed by atoms with Gasteiger partial charge in [0.05, 0.1) is 5.71 Å². The van der Waals surface area contributed by atoms with Crippen molar-refractivity contribution in [3.05, 3.63) is 22.8 Å². The Balaban J connectivity index is 1.86. The van der Waals surface area contributed by atoms with Crippen LogP contribution in [0.3, 0.4) is 0 Å². The molecule has 0 radical (unpaired) electrons. The van der Waals surface area contributed by atoms with Crippen molar-refractivity contribution >= 4 is 17.3 Å². The normalized spacial score (nSPS) is 33.3. The first kappa shape index (κ1) is 17.1. The van der Waals surface area contributed by atoms with E-state index < -0.39 is 5.92 Å². The van der Waals surface area contributed by atoms with E-state index >= 15 is 0 Å². The molecule has 1 spiro atoms. The fraction of sp³-hybridized carbons (Fsp3) is 0.650. The van der Waals surface area contributed by atoms with Crippen molar-refractivity contribution in [1.29, 1.82) is 0 Å². The molecule has 0 aromatic carbocycles. The van der Waals surface area contributed by atoms with Crippen molar-refractivity contribution in [3.63, 3.8) is 0 Å². The van der Waals surface area contributed by atoms with Crippen LogP contribution in [0, 0.1) is 17.3 Å². The SMILES string of the molecule is CCON=C(CC)C1C(=O)CC2(CC1=O)CC1CC(C)=CC(C)=C12. The van der Waals surface area contributed by atoms with Crippen molar-refractivity contribution in [3.8, 4) is 0 Å². The summed E-state index contributed by atoms with van der Waals surface area (Å²) in [5, 5.41) is 4.04. The standard InChI is InChI=1S/C20H27NO3/c1-5-15(21-24-6-2)18-16(22)10-20(11-17(18)23)9-14-8-12(3)7-13(4)19(14)20/h7,14,18H,5-6,8-11H2,1-4H3. The second-order valence-corrected chi connectivity index (χ2v) is 7.55. The zero-order chi connectivity index (χ0) is 17.5. The van der Waals surface area contributed by atoms with E-state index in [1.807, 2.05) is 13.8 Å². The Labute approximate surface area is 144 Å². The van der Waals surface area contributed by atoms with Gasteiger partial charge in [0.2, 0.25) is 0 Å². The molecule has 4 heteroatoms. The van der Waals surface area contributed by atoms with E-state index in [0.29, 0.717) is 37.5 Å². The minimum atomic E-state index is -0.687. The highest BCUT2D eigenvalue weighted by Crippen LogP contribution is 2.62. The van der Waals surface area contributed by atoms with Crippen LogP contribution in [0.4, 0.5) is 0 Å². The van der Waals surface area contributed by atoms with E-state index in [2.05, 4.69) is 25.1 Å². The molecule has 0 aromatic rings. The van der Waals surface area contributed by atoms with Crippen molar-refractivity contribution in [2.75, 3.05) is 6.61 Å². The highest BCUT2D eigenvalue weighted by atomic mass is 16.6. The molecule has 0 N–H and O–H groups in total. The summed E-state index contributed by atoms with van der Waals surface area (Å²) in [6.07, 6.45) is 5.80. The van der Waals surface area contributed by atoms with E-state index in [-0.39, 0.29) is 17.0 Å². The number of hydrogen-bond acceptors (Lipinski definition) is 4. The monoisotopic (exact) mass is 329 g/mol. The summed E-state index contributed by atoms with van der Waals surface area (Å²) in [5.74, 6) is -0.101. The molecule has 0 amide bonds. The van der Waals surface area contributed by atoms with Crippen molar-refractivity contribution in [2.45, 2.75) is 59.8 Å². The van der Waals surface area contributed by atoms with Gasteiger partial charge in [-0.1, -0.05) is 34.9 Å². The molecule has 3 rings (SSSR count). The Bertz CT molecular complexity index is 650. The van der Waals surface area contributed by atoms with E-state index in [9.17, 15) is 9.59 Å². The molecule has 4 nitrogen and oxygen atoms in total. The fourth-order valence-corrected chi connectivity index (χ4v) is 5.08. The maximum Gasteiger partial charge on any atom is 0.150 e. The highest BCUT2D eigenvalue weighted by Gasteiger charge is 2.57. The summed E-state index contributed by atoms with van der Waals surface area (Å²) in [4.78, 5) is 30.8. The average molecular weight is 329 g/mol. The summed E-state index contributed by atoms with van der Waals surface area (Å²) in [5.41, 5.74) is 4.42. The lowest BCUT2D eigenvalue weighted by Crippen LogP contribution is -2.52. The minimum absolute atomic E-state index is 0.0246. The summed E-state index contributed by atoms with van der Waals surface area (Å²) >= 11 is 0. The molecule has 2 fully saturated rings. The smallest absolute Gasteiger partial charge is 0.150 e. The third kappa shape index (κ3) is 2.66. The van der Waals surface area contributed by atoms with Gasteiger partial charge in [0.25, 0.3) is 0 Å². The van der Waals surface area contributed by atoms with E-state index in [4.69, 9.17) is 4.84 Å². The predicted octanol–water partition coefficient (Wildman–Crippen LogP) is 4.01. The number of ketones is 2. The van der Waals surface area contributed by atoms with Crippen LogP contribution in [0.25, 0.3) is 0 Å².